The summed E-state index contributed by atoms with van der Waals surface area (Å²) in [7, 11) is 0. The van der Waals surface area contributed by atoms with Gasteiger partial charge in [-0.1, -0.05) is 24.3 Å². The lowest BCUT2D eigenvalue weighted by atomic mass is 10.2. The van der Waals surface area contributed by atoms with Gasteiger partial charge in [-0.05, 0) is 48.4 Å². The van der Waals surface area contributed by atoms with E-state index in [1.165, 1.54) is 0 Å². The Balaban J connectivity index is 1.32. The molecule has 1 aliphatic rings. The molecule has 4 rings (SSSR count). The first kappa shape index (κ1) is 17.0. The Morgan fingerprint density at radius 2 is 1.93 bits per heavy atom. The highest BCUT2D eigenvalue weighted by molar-refractivity contribution is 5.91. The molecule has 0 saturated heterocycles. The van der Waals surface area contributed by atoms with Gasteiger partial charge < -0.3 is 23.9 Å². The highest BCUT2D eigenvalue weighted by Gasteiger charge is 2.15. The largest absolute Gasteiger partial charge is 0.485 e. The van der Waals surface area contributed by atoms with Crippen LogP contribution in [0.25, 0.3) is 0 Å². The molecule has 27 heavy (non-hydrogen) atoms. The van der Waals surface area contributed by atoms with E-state index in [4.69, 9.17) is 18.6 Å². The van der Waals surface area contributed by atoms with E-state index >= 15 is 0 Å². The first-order chi connectivity index (χ1) is 13.2. The van der Waals surface area contributed by atoms with E-state index in [1.54, 1.807) is 12.1 Å². The van der Waals surface area contributed by atoms with E-state index in [0.717, 1.165) is 22.6 Å². The molecule has 0 fully saturated rings. The summed E-state index contributed by atoms with van der Waals surface area (Å²) in [6.07, 6.45) is 0. The van der Waals surface area contributed by atoms with E-state index < -0.39 is 0 Å². The number of carbonyl (C=O) groups is 1. The summed E-state index contributed by atoms with van der Waals surface area (Å²) in [6, 6.07) is 16.7. The predicted octanol–water partition coefficient (Wildman–Crippen LogP) is 3.83. The Labute approximate surface area is 156 Å². The summed E-state index contributed by atoms with van der Waals surface area (Å²) in [5, 5.41) is 2.83. The second kappa shape index (κ2) is 7.45. The lowest BCUT2D eigenvalue weighted by Crippen LogP contribution is -2.22. The van der Waals surface area contributed by atoms with Crippen LogP contribution in [0.5, 0.6) is 17.2 Å². The molecule has 0 atom stereocenters. The van der Waals surface area contributed by atoms with Crippen LogP contribution in [-0.2, 0) is 13.2 Å². The van der Waals surface area contributed by atoms with E-state index in [0.29, 0.717) is 18.1 Å². The van der Waals surface area contributed by atoms with Crippen molar-refractivity contribution in [2.45, 2.75) is 20.1 Å². The molecule has 1 aliphatic heterocycles. The fourth-order valence-electron chi connectivity index (χ4n) is 2.77. The Morgan fingerprint density at radius 1 is 1.07 bits per heavy atom. The standard InChI is InChI=1S/C21H19NO5/c1-14-4-2-3-5-17(14)24-12-16-7-9-19(27-16)21(23)22-11-15-6-8-18-20(10-15)26-13-25-18/h2-10H,11-13H2,1H3,(H,22,23). The van der Waals surface area contributed by atoms with Crippen molar-refractivity contribution in [3.05, 3.63) is 77.2 Å². The van der Waals surface area contributed by atoms with Crippen LogP contribution in [0.15, 0.2) is 59.0 Å². The zero-order valence-electron chi connectivity index (χ0n) is 14.9. The van der Waals surface area contributed by atoms with Gasteiger partial charge in [-0.25, -0.2) is 0 Å². The summed E-state index contributed by atoms with van der Waals surface area (Å²) in [6.45, 7) is 2.84. The summed E-state index contributed by atoms with van der Waals surface area (Å²) >= 11 is 0. The van der Waals surface area contributed by atoms with Crippen LogP contribution in [0.4, 0.5) is 0 Å². The molecular weight excluding hydrogens is 346 g/mol. The van der Waals surface area contributed by atoms with Crippen molar-refractivity contribution in [2.75, 3.05) is 6.79 Å². The lowest BCUT2D eigenvalue weighted by molar-refractivity contribution is 0.0919. The SMILES string of the molecule is Cc1ccccc1OCc1ccc(C(=O)NCc2ccc3c(c2)OCO3)o1. The van der Waals surface area contributed by atoms with Crippen molar-refractivity contribution in [3.63, 3.8) is 0 Å². The van der Waals surface area contributed by atoms with Crippen LogP contribution >= 0.6 is 0 Å². The number of benzene rings is 2. The average molecular weight is 365 g/mol. The third-order valence-corrected chi connectivity index (χ3v) is 4.24. The molecule has 3 aromatic rings. The monoisotopic (exact) mass is 365 g/mol. The summed E-state index contributed by atoms with van der Waals surface area (Å²) in [4.78, 5) is 12.3. The van der Waals surface area contributed by atoms with Crippen LogP contribution in [0.3, 0.4) is 0 Å². The summed E-state index contributed by atoms with van der Waals surface area (Å²) in [5.74, 6) is 2.76. The van der Waals surface area contributed by atoms with Crippen molar-refractivity contribution < 1.29 is 23.4 Å². The topological polar surface area (TPSA) is 69.9 Å². The Bertz CT molecular complexity index is 963. The molecule has 0 spiro atoms. The van der Waals surface area contributed by atoms with Gasteiger partial charge in [0.05, 0.1) is 0 Å². The quantitative estimate of drug-likeness (QED) is 0.719. The molecule has 0 aliphatic carbocycles. The molecule has 2 aromatic carbocycles. The lowest BCUT2D eigenvalue weighted by Gasteiger charge is -2.07. The third kappa shape index (κ3) is 3.89. The highest BCUT2D eigenvalue weighted by Crippen LogP contribution is 2.32. The molecule has 0 radical (unpaired) electrons. The first-order valence-corrected chi connectivity index (χ1v) is 8.63. The van der Waals surface area contributed by atoms with Crippen LogP contribution in [0, 0.1) is 6.92 Å². The molecule has 2 heterocycles. The molecule has 0 saturated carbocycles. The minimum atomic E-state index is -0.283. The second-order valence-electron chi connectivity index (χ2n) is 6.19. The minimum Gasteiger partial charge on any atom is -0.485 e. The normalized spacial score (nSPS) is 12.0. The number of rotatable bonds is 6. The minimum absolute atomic E-state index is 0.227. The van der Waals surface area contributed by atoms with Gasteiger partial charge in [0.25, 0.3) is 5.91 Å². The van der Waals surface area contributed by atoms with Crippen LogP contribution < -0.4 is 19.5 Å². The van der Waals surface area contributed by atoms with Gasteiger partial charge in [0.15, 0.2) is 17.3 Å². The smallest absolute Gasteiger partial charge is 0.287 e. The van der Waals surface area contributed by atoms with Crippen LogP contribution in [0.2, 0.25) is 0 Å². The highest BCUT2D eigenvalue weighted by atomic mass is 16.7. The Hall–Kier alpha value is -3.41. The number of fused-ring (bicyclic) bond motifs is 1. The zero-order chi connectivity index (χ0) is 18.6. The van der Waals surface area contributed by atoms with E-state index in [-0.39, 0.29) is 25.1 Å². The second-order valence-corrected chi connectivity index (χ2v) is 6.19. The Kier molecular flexibility index (Phi) is 4.70. The van der Waals surface area contributed by atoms with Crippen molar-refractivity contribution in [3.8, 4) is 17.2 Å². The molecule has 1 aromatic heterocycles. The molecule has 138 valence electrons. The van der Waals surface area contributed by atoms with Crippen molar-refractivity contribution in [1.82, 2.24) is 5.32 Å². The van der Waals surface area contributed by atoms with Crippen molar-refractivity contribution >= 4 is 5.91 Å². The first-order valence-electron chi connectivity index (χ1n) is 8.63. The zero-order valence-corrected chi connectivity index (χ0v) is 14.9. The number of para-hydroxylation sites is 1. The molecule has 6 heteroatoms. The maximum atomic E-state index is 12.3. The number of nitrogens with one attached hydrogen (secondary N) is 1. The Morgan fingerprint density at radius 3 is 2.81 bits per heavy atom. The third-order valence-electron chi connectivity index (χ3n) is 4.24. The van der Waals surface area contributed by atoms with Gasteiger partial charge >= 0.3 is 0 Å². The molecule has 0 unspecified atom stereocenters. The summed E-state index contributed by atoms with van der Waals surface area (Å²) in [5.41, 5.74) is 1.97. The van der Waals surface area contributed by atoms with Crippen LogP contribution in [-0.4, -0.2) is 12.7 Å². The fraction of sp³-hybridized carbons (Fsp3) is 0.190. The van der Waals surface area contributed by atoms with Gasteiger partial charge in [-0.15, -0.1) is 0 Å². The number of carbonyl (C=O) groups excluding carboxylic acids is 1. The van der Waals surface area contributed by atoms with E-state index in [2.05, 4.69) is 5.32 Å². The number of hydrogen-bond acceptors (Lipinski definition) is 5. The molecule has 1 N–H and O–H groups in total. The number of furan rings is 1. The maximum absolute atomic E-state index is 12.3. The molecule has 1 amide bonds. The van der Waals surface area contributed by atoms with Gasteiger partial charge in [0.2, 0.25) is 6.79 Å². The number of aryl methyl sites for hydroxylation is 1. The summed E-state index contributed by atoms with van der Waals surface area (Å²) < 4.78 is 21.9. The van der Waals surface area contributed by atoms with Gasteiger partial charge in [-0.3, -0.25) is 4.79 Å². The van der Waals surface area contributed by atoms with Gasteiger partial charge in [-0.2, -0.15) is 0 Å². The van der Waals surface area contributed by atoms with Crippen molar-refractivity contribution in [2.24, 2.45) is 0 Å². The van der Waals surface area contributed by atoms with Crippen molar-refractivity contribution in [1.29, 1.82) is 0 Å². The van der Waals surface area contributed by atoms with E-state index in [9.17, 15) is 4.79 Å². The molecular formula is C21H19NO5. The van der Waals surface area contributed by atoms with Gasteiger partial charge in [0, 0.05) is 6.54 Å². The fourth-order valence-corrected chi connectivity index (χ4v) is 2.77. The number of amides is 1. The number of hydrogen-bond donors (Lipinski definition) is 1. The van der Waals surface area contributed by atoms with E-state index in [1.807, 2.05) is 49.4 Å². The average Bonchev–Trinajstić information content (AvgIpc) is 3.34. The predicted molar refractivity (Wildman–Crippen MR) is 98.0 cm³/mol. The van der Waals surface area contributed by atoms with Gasteiger partial charge in [0.1, 0.15) is 18.1 Å². The number of ether oxygens (including phenoxy) is 3. The molecule has 0 bridgehead atoms. The maximum Gasteiger partial charge on any atom is 0.287 e. The molecule has 6 nitrogen and oxygen atoms in total. The van der Waals surface area contributed by atoms with Crippen LogP contribution in [0.1, 0.15) is 27.4 Å².